The van der Waals surface area contributed by atoms with E-state index in [9.17, 15) is 4.79 Å². The van der Waals surface area contributed by atoms with Crippen LogP contribution in [-0.2, 0) is 4.79 Å². The molecular formula is C27H27N5O2. The molecule has 5 rings (SSSR count). The van der Waals surface area contributed by atoms with E-state index in [1.54, 1.807) is 0 Å². The molecule has 1 fully saturated rings. The molecule has 0 unspecified atom stereocenters. The first-order chi connectivity index (χ1) is 16.6. The Bertz CT molecular complexity index is 1270. The molecule has 0 aliphatic carbocycles. The van der Waals surface area contributed by atoms with E-state index in [0.717, 1.165) is 54.0 Å². The van der Waals surface area contributed by atoms with Crippen LogP contribution >= 0.6 is 0 Å². The Kier molecular flexibility index (Phi) is 6.35. The number of fused-ring (bicyclic) bond motifs is 1. The Hall–Kier alpha value is -3.97. The molecule has 0 spiro atoms. The van der Waals surface area contributed by atoms with Gasteiger partial charge in [0.25, 0.3) is 5.91 Å². The summed E-state index contributed by atoms with van der Waals surface area (Å²) in [4.78, 5) is 16.9. The molecule has 1 aliphatic heterocycles. The number of nitrogens with zero attached hydrogens (tertiary/aromatic N) is 4. The van der Waals surface area contributed by atoms with Crippen LogP contribution in [-0.4, -0.2) is 60.8 Å². The molecule has 1 amide bonds. The van der Waals surface area contributed by atoms with Gasteiger partial charge < -0.3 is 19.9 Å². The van der Waals surface area contributed by atoms with Crippen molar-refractivity contribution in [3.05, 3.63) is 78.9 Å². The molecule has 2 heterocycles. The number of hydrogen-bond donors (Lipinski definition) is 1. The highest BCUT2D eigenvalue weighted by atomic mass is 16.5. The van der Waals surface area contributed by atoms with Crippen LogP contribution in [0.3, 0.4) is 0 Å². The number of amides is 1. The van der Waals surface area contributed by atoms with Gasteiger partial charge in [0, 0.05) is 37.4 Å². The molecule has 3 aromatic carbocycles. The minimum absolute atomic E-state index is 0.0562. The van der Waals surface area contributed by atoms with E-state index in [-0.39, 0.29) is 12.5 Å². The average molecular weight is 454 g/mol. The first-order valence-corrected chi connectivity index (χ1v) is 11.4. The van der Waals surface area contributed by atoms with Gasteiger partial charge in [-0.1, -0.05) is 42.5 Å². The van der Waals surface area contributed by atoms with E-state index >= 15 is 0 Å². The first kappa shape index (κ1) is 21.9. The van der Waals surface area contributed by atoms with E-state index in [1.165, 1.54) is 0 Å². The summed E-state index contributed by atoms with van der Waals surface area (Å²) in [6.07, 6.45) is 0. The summed E-state index contributed by atoms with van der Waals surface area (Å²) >= 11 is 0. The zero-order valence-corrected chi connectivity index (χ0v) is 19.1. The second-order valence-corrected chi connectivity index (χ2v) is 8.49. The van der Waals surface area contributed by atoms with Crippen LogP contribution in [0.1, 0.15) is 0 Å². The number of carbonyl (C=O) groups excluding carboxylic acids is 1. The number of anilines is 2. The van der Waals surface area contributed by atoms with Crippen LogP contribution in [0, 0.1) is 0 Å². The monoisotopic (exact) mass is 453 g/mol. The van der Waals surface area contributed by atoms with Crippen LogP contribution in [0.4, 0.5) is 11.5 Å². The number of aromatic nitrogens is 2. The SMILES string of the molecule is CN1CCN(c2ccc(-c3ccc(NC(=O)COc4ccc5ccccc5c4)cc3)nn2)CC1. The number of carbonyl (C=O) groups is 1. The van der Waals surface area contributed by atoms with E-state index in [0.29, 0.717) is 11.4 Å². The lowest BCUT2D eigenvalue weighted by Gasteiger charge is -2.32. The minimum atomic E-state index is -0.211. The van der Waals surface area contributed by atoms with Crippen molar-refractivity contribution in [3.8, 4) is 17.0 Å². The fraction of sp³-hybridized carbons (Fsp3) is 0.222. The van der Waals surface area contributed by atoms with Crippen molar-refractivity contribution in [2.24, 2.45) is 0 Å². The molecule has 0 radical (unpaired) electrons. The average Bonchev–Trinajstić information content (AvgIpc) is 2.88. The first-order valence-electron chi connectivity index (χ1n) is 11.4. The molecule has 1 aliphatic rings. The Morgan fingerprint density at radius 2 is 1.65 bits per heavy atom. The molecule has 0 bridgehead atoms. The fourth-order valence-corrected chi connectivity index (χ4v) is 4.01. The third-order valence-electron chi connectivity index (χ3n) is 6.03. The maximum Gasteiger partial charge on any atom is 0.262 e. The fourth-order valence-electron chi connectivity index (χ4n) is 4.01. The summed E-state index contributed by atoms with van der Waals surface area (Å²) < 4.78 is 5.67. The van der Waals surface area contributed by atoms with Crippen molar-refractivity contribution in [1.29, 1.82) is 0 Å². The second kappa shape index (κ2) is 9.89. The van der Waals surface area contributed by atoms with Gasteiger partial charge in [-0.3, -0.25) is 4.79 Å². The summed E-state index contributed by atoms with van der Waals surface area (Å²) in [6, 6.07) is 25.4. The van der Waals surface area contributed by atoms with Gasteiger partial charge in [-0.05, 0) is 54.2 Å². The maximum absolute atomic E-state index is 12.3. The highest BCUT2D eigenvalue weighted by molar-refractivity contribution is 5.92. The molecule has 0 saturated carbocycles. The van der Waals surface area contributed by atoms with Gasteiger partial charge in [-0.15, -0.1) is 10.2 Å². The highest BCUT2D eigenvalue weighted by Gasteiger charge is 2.15. The topological polar surface area (TPSA) is 70.6 Å². The van der Waals surface area contributed by atoms with E-state index in [2.05, 4.69) is 32.4 Å². The number of piperazine rings is 1. The van der Waals surface area contributed by atoms with Gasteiger partial charge >= 0.3 is 0 Å². The van der Waals surface area contributed by atoms with Crippen molar-refractivity contribution >= 4 is 28.2 Å². The van der Waals surface area contributed by atoms with Gasteiger partial charge in [-0.2, -0.15) is 0 Å². The van der Waals surface area contributed by atoms with Crippen molar-refractivity contribution in [3.63, 3.8) is 0 Å². The molecule has 34 heavy (non-hydrogen) atoms. The van der Waals surface area contributed by atoms with E-state index in [1.807, 2.05) is 78.9 Å². The minimum Gasteiger partial charge on any atom is -0.484 e. The number of ether oxygens (including phenoxy) is 1. The van der Waals surface area contributed by atoms with E-state index in [4.69, 9.17) is 4.74 Å². The molecule has 7 nitrogen and oxygen atoms in total. The summed E-state index contributed by atoms with van der Waals surface area (Å²) in [5.74, 6) is 1.37. The van der Waals surface area contributed by atoms with Crippen molar-refractivity contribution in [2.45, 2.75) is 0 Å². The summed E-state index contributed by atoms with van der Waals surface area (Å²) in [5, 5.41) is 13.9. The quantitative estimate of drug-likeness (QED) is 0.475. The maximum atomic E-state index is 12.3. The zero-order valence-electron chi connectivity index (χ0n) is 19.1. The smallest absolute Gasteiger partial charge is 0.262 e. The molecule has 0 atom stereocenters. The lowest BCUT2D eigenvalue weighted by atomic mass is 10.1. The normalized spacial score (nSPS) is 14.2. The molecular weight excluding hydrogens is 426 g/mol. The van der Waals surface area contributed by atoms with Gasteiger partial charge in [0.2, 0.25) is 0 Å². The summed E-state index contributed by atoms with van der Waals surface area (Å²) in [6.45, 7) is 3.93. The Labute approximate surface area is 199 Å². The van der Waals surface area contributed by atoms with Crippen LogP contribution in [0.25, 0.3) is 22.0 Å². The van der Waals surface area contributed by atoms with Crippen LogP contribution in [0.15, 0.2) is 78.9 Å². The number of benzene rings is 3. The van der Waals surface area contributed by atoms with Gasteiger partial charge in [0.05, 0.1) is 5.69 Å². The highest BCUT2D eigenvalue weighted by Crippen LogP contribution is 2.22. The number of nitrogens with one attached hydrogen (secondary N) is 1. The van der Waals surface area contributed by atoms with Crippen molar-refractivity contribution in [1.82, 2.24) is 15.1 Å². The third kappa shape index (κ3) is 5.15. The zero-order chi connectivity index (χ0) is 23.3. The Balaban J connectivity index is 1.15. The Morgan fingerprint density at radius 3 is 2.38 bits per heavy atom. The van der Waals surface area contributed by atoms with Crippen molar-refractivity contribution in [2.75, 3.05) is 50.1 Å². The molecule has 1 saturated heterocycles. The summed E-state index contributed by atoms with van der Waals surface area (Å²) in [7, 11) is 2.14. The van der Waals surface area contributed by atoms with Gasteiger partial charge in [0.15, 0.2) is 12.4 Å². The van der Waals surface area contributed by atoms with E-state index < -0.39 is 0 Å². The van der Waals surface area contributed by atoms with Crippen LogP contribution in [0.2, 0.25) is 0 Å². The third-order valence-corrected chi connectivity index (χ3v) is 6.03. The largest absolute Gasteiger partial charge is 0.484 e. The lowest BCUT2D eigenvalue weighted by molar-refractivity contribution is -0.118. The molecule has 7 heteroatoms. The standard InChI is InChI=1S/C27H27N5O2/c1-31-14-16-32(17-15-31)26-13-12-25(29-30-26)21-6-9-23(10-7-21)28-27(33)19-34-24-11-8-20-4-2-3-5-22(20)18-24/h2-13,18H,14-17,19H2,1H3,(H,28,33). The predicted molar refractivity (Wildman–Crippen MR) is 135 cm³/mol. The van der Waals surface area contributed by atoms with Gasteiger partial charge in [0.1, 0.15) is 5.75 Å². The molecule has 4 aromatic rings. The van der Waals surface area contributed by atoms with Crippen molar-refractivity contribution < 1.29 is 9.53 Å². The van der Waals surface area contributed by atoms with Gasteiger partial charge in [-0.25, -0.2) is 0 Å². The van der Waals surface area contributed by atoms with Crippen LogP contribution < -0.4 is 15.0 Å². The molecule has 172 valence electrons. The summed E-state index contributed by atoms with van der Waals surface area (Å²) in [5.41, 5.74) is 2.45. The lowest BCUT2D eigenvalue weighted by Crippen LogP contribution is -2.44. The molecule has 1 aromatic heterocycles. The number of hydrogen-bond acceptors (Lipinski definition) is 6. The number of rotatable bonds is 6. The Morgan fingerprint density at radius 1 is 0.882 bits per heavy atom. The predicted octanol–water partition coefficient (Wildman–Crippen LogP) is 4.07. The molecule has 1 N–H and O–H groups in total. The number of likely N-dealkylation sites (N-methyl/N-ethyl adjacent to an activating group) is 1. The van der Waals surface area contributed by atoms with Crippen LogP contribution in [0.5, 0.6) is 5.75 Å². The second-order valence-electron chi connectivity index (χ2n) is 8.49.